The van der Waals surface area contributed by atoms with E-state index in [0.717, 1.165) is 5.92 Å². The fourth-order valence-electron chi connectivity index (χ4n) is 3.14. The van der Waals surface area contributed by atoms with Gasteiger partial charge in [-0.3, -0.25) is 0 Å². The molecular weight excluding hydrogens is 422 g/mol. The van der Waals surface area contributed by atoms with Crippen molar-refractivity contribution < 1.29 is 28.7 Å². The minimum absolute atomic E-state index is 0. The number of fused-ring (bicyclic) bond motifs is 2. The third-order valence-corrected chi connectivity index (χ3v) is 12.9. The first-order valence-electron chi connectivity index (χ1n) is 6.88. The fraction of sp³-hybridized carbons (Fsp3) is 0.294. The van der Waals surface area contributed by atoms with E-state index >= 15 is 0 Å². The summed E-state index contributed by atoms with van der Waals surface area (Å²) in [6.07, 6.45) is 0. The van der Waals surface area contributed by atoms with Crippen LogP contribution >= 0.6 is 0 Å². The molecule has 2 aromatic rings. The van der Waals surface area contributed by atoms with Crippen molar-refractivity contribution in [3.8, 4) is 11.5 Å². The Bertz CT molecular complexity index is 564. The predicted molar refractivity (Wildman–Crippen MR) is 84.5 cm³/mol. The van der Waals surface area contributed by atoms with Gasteiger partial charge in [0, 0.05) is 0 Å². The van der Waals surface area contributed by atoms with Gasteiger partial charge in [0.25, 0.3) is 0 Å². The summed E-state index contributed by atoms with van der Waals surface area (Å²) in [7, 11) is 0. The molecule has 0 aliphatic carbocycles. The van der Waals surface area contributed by atoms with Crippen molar-refractivity contribution >= 4 is 22.3 Å². The number of hydrogen-bond acceptors (Lipinski definition) is 0. The molecule has 1 aliphatic heterocycles. The number of benzene rings is 2. The molecule has 0 fully saturated rings. The van der Waals surface area contributed by atoms with Crippen molar-refractivity contribution in [2.45, 2.75) is 24.8 Å². The summed E-state index contributed by atoms with van der Waals surface area (Å²) in [5.41, 5.74) is 2.53. The molecule has 0 unspecified atom stereocenters. The van der Waals surface area contributed by atoms with Gasteiger partial charge in [0.05, 0.1) is 0 Å². The Morgan fingerprint density at radius 3 is 1.80 bits per heavy atom. The molecule has 107 valence electrons. The van der Waals surface area contributed by atoms with Gasteiger partial charge in [0.15, 0.2) is 0 Å². The van der Waals surface area contributed by atoms with Crippen molar-refractivity contribution in [3.05, 3.63) is 48.5 Å². The summed E-state index contributed by atoms with van der Waals surface area (Å²) < 4.78 is 7.93. The standard InChI is InChI=1S/C17H20AsO.HI/c1-13(2)12-18(3)14-8-4-6-10-16(14)19-17-11-7-5-9-15(17)18;/h4-11,13H,12H2,1-3H3;1H. The molecular formula is C17H21AsIO. The molecule has 0 bridgehead atoms. The molecule has 1 heterocycles. The molecule has 1 N–H and O–H groups in total. The fourth-order valence-corrected chi connectivity index (χ4v) is 12.0. The molecule has 0 spiro atoms. The van der Waals surface area contributed by atoms with Gasteiger partial charge in [0.1, 0.15) is 0 Å². The van der Waals surface area contributed by atoms with Crippen molar-refractivity contribution in [1.29, 1.82) is 0 Å². The number of rotatable bonds is 2. The molecule has 1 radical (unpaired) electrons. The second-order valence-corrected chi connectivity index (χ2v) is 13.6. The van der Waals surface area contributed by atoms with Gasteiger partial charge < -0.3 is 24.0 Å². The number of hydrogen-bond donors (Lipinski definition) is 0. The predicted octanol–water partition coefficient (Wildman–Crippen LogP) is 0.508. The molecule has 0 atom stereocenters. The molecule has 0 saturated heterocycles. The zero-order chi connectivity index (χ0) is 13.5. The minimum Gasteiger partial charge on any atom is -1.00 e. The van der Waals surface area contributed by atoms with E-state index in [1.165, 1.54) is 25.4 Å². The molecule has 0 saturated carbocycles. The van der Waals surface area contributed by atoms with Gasteiger partial charge in [-0.05, 0) is 0 Å². The third kappa shape index (κ3) is 2.65. The zero-order valence-electron chi connectivity index (χ0n) is 12.2. The van der Waals surface area contributed by atoms with Crippen LogP contribution < -0.4 is 32.7 Å². The Hall–Kier alpha value is -0.472. The Morgan fingerprint density at radius 1 is 0.900 bits per heavy atom. The molecule has 0 amide bonds. The molecule has 1 aliphatic rings. The molecule has 0 aromatic heterocycles. The molecule has 1 nitrogen and oxygen atoms in total. The number of ether oxygens (including phenoxy) is 1. The quantitative estimate of drug-likeness (QED) is 0.365. The molecule has 2 aromatic carbocycles. The maximum Gasteiger partial charge on any atom is -1.00 e. The van der Waals surface area contributed by atoms with Crippen LogP contribution in [0.25, 0.3) is 0 Å². The van der Waals surface area contributed by atoms with Crippen LogP contribution in [0.2, 0.25) is 10.9 Å². The van der Waals surface area contributed by atoms with E-state index in [0.29, 0.717) is 0 Å². The second-order valence-electron chi connectivity index (χ2n) is 5.86. The summed E-state index contributed by atoms with van der Waals surface area (Å²) >= 11 is -2.04. The van der Waals surface area contributed by atoms with Gasteiger partial charge in [-0.25, -0.2) is 0 Å². The maximum absolute atomic E-state index is 4.85. The van der Waals surface area contributed by atoms with Crippen molar-refractivity contribution in [2.75, 3.05) is 0 Å². The number of aromatic hydroxyl groups is 2. The third-order valence-electron chi connectivity index (χ3n) is 3.80. The maximum atomic E-state index is 4.85. The van der Waals surface area contributed by atoms with E-state index < -0.39 is 13.6 Å². The van der Waals surface area contributed by atoms with Crippen LogP contribution in [-0.4, -0.2) is 18.3 Å². The summed E-state index contributed by atoms with van der Waals surface area (Å²) in [5.74, 6) is 3.14. The monoisotopic (exact) mass is 443 g/mol. The van der Waals surface area contributed by atoms with E-state index in [2.05, 4.69) is 68.1 Å². The second kappa shape index (κ2) is 6.11. The van der Waals surface area contributed by atoms with Crippen molar-refractivity contribution in [2.24, 2.45) is 5.92 Å². The van der Waals surface area contributed by atoms with Crippen LogP contribution in [0.3, 0.4) is 0 Å². The summed E-state index contributed by atoms with van der Waals surface area (Å²) in [4.78, 5) is 0. The molecule has 20 heavy (non-hydrogen) atoms. The van der Waals surface area contributed by atoms with Crippen LogP contribution in [0.4, 0.5) is 0 Å². The number of para-hydroxylation sites is 2. The van der Waals surface area contributed by atoms with E-state index in [4.69, 9.17) is 4.74 Å². The summed E-state index contributed by atoms with van der Waals surface area (Å²) in [6, 6.07) is 17.5. The van der Waals surface area contributed by atoms with Crippen molar-refractivity contribution in [1.82, 2.24) is 0 Å². The largest absolute Gasteiger partial charge is 1.00 e. The van der Waals surface area contributed by atoms with Gasteiger partial charge >= 0.3 is 118 Å². The average molecular weight is 443 g/mol. The molecule has 3 heteroatoms. The van der Waals surface area contributed by atoms with Gasteiger partial charge in [-0.1, -0.05) is 0 Å². The van der Waals surface area contributed by atoms with E-state index in [-0.39, 0.29) is 24.0 Å². The van der Waals surface area contributed by atoms with E-state index in [1.54, 1.807) is 0 Å². The SMILES string of the molecule is CC(C)C[As]1(C)c2ccccc2[OH+]c2ccccc21.[I-]. The number of halogens is 1. The average Bonchev–Trinajstić information content (AvgIpc) is 2.38. The zero-order valence-corrected chi connectivity index (χ0v) is 16.2. The van der Waals surface area contributed by atoms with Gasteiger partial charge in [-0.15, -0.1) is 0 Å². The Morgan fingerprint density at radius 2 is 1.35 bits per heavy atom. The molecule has 3 rings (SSSR count). The van der Waals surface area contributed by atoms with Crippen molar-refractivity contribution in [3.63, 3.8) is 0 Å². The van der Waals surface area contributed by atoms with Crippen LogP contribution in [0.15, 0.2) is 48.5 Å². The summed E-state index contributed by atoms with van der Waals surface area (Å²) in [6.45, 7) is 4.67. The van der Waals surface area contributed by atoms with Crippen LogP contribution in [0, 0.1) is 5.92 Å². The minimum atomic E-state index is -2.04. The smallest absolute Gasteiger partial charge is 1.00 e. The Kier molecular flexibility index (Phi) is 4.86. The van der Waals surface area contributed by atoms with Crippen LogP contribution in [0.5, 0.6) is 11.5 Å². The van der Waals surface area contributed by atoms with E-state index in [9.17, 15) is 0 Å². The Labute approximate surface area is 141 Å². The Balaban J connectivity index is 0.00000147. The summed E-state index contributed by atoms with van der Waals surface area (Å²) in [5, 5.41) is 1.32. The topological polar surface area (TPSA) is 12.8 Å². The normalized spacial score (nSPS) is 14.8. The van der Waals surface area contributed by atoms with Gasteiger partial charge in [0.2, 0.25) is 0 Å². The first-order chi connectivity index (χ1) is 9.11. The first-order valence-corrected chi connectivity index (χ1v) is 12.0. The van der Waals surface area contributed by atoms with Crippen LogP contribution in [0.1, 0.15) is 13.8 Å². The van der Waals surface area contributed by atoms with Crippen LogP contribution in [-0.2, 0) is 0 Å². The first kappa shape index (κ1) is 15.9. The van der Waals surface area contributed by atoms with E-state index in [1.807, 2.05) is 0 Å². The van der Waals surface area contributed by atoms with Gasteiger partial charge in [-0.2, -0.15) is 0 Å².